The number of carbonyl (C=O) groups excluding carboxylic acids is 1. The first-order valence-corrected chi connectivity index (χ1v) is 6.68. The van der Waals surface area contributed by atoms with E-state index in [1.165, 1.54) is 6.07 Å². The fourth-order valence-electron chi connectivity index (χ4n) is 2.43. The van der Waals surface area contributed by atoms with Crippen LogP contribution < -0.4 is 11.5 Å². The highest BCUT2D eigenvalue weighted by Gasteiger charge is 2.19. The van der Waals surface area contributed by atoms with Crippen molar-refractivity contribution in [2.45, 2.75) is 27.2 Å². The number of carbonyl (C=O) groups is 1. The van der Waals surface area contributed by atoms with Crippen molar-refractivity contribution < 1.29 is 4.79 Å². The van der Waals surface area contributed by atoms with Crippen LogP contribution in [0.5, 0.6) is 0 Å². The summed E-state index contributed by atoms with van der Waals surface area (Å²) in [4.78, 5) is 11.6. The van der Waals surface area contributed by atoms with Crippen LogP contribution in [-0.2, 0) is 6.42 Å². The van der Waals surface area contributed by atoms with Crippen molar-refractivity contribution in [2.24, 2.45) is 5.73 Å². The molecule has 1 amide bonds. The van der Waals surface area contributed by atoms with Gasteiger partial charge in [-0.3, -0.25) is 4.79 Å². The predicted molar refractivity (Wildman–Crippen MR) is 80.4 cm³/mol. The predicted octanol–water partition coefficient (Wildman–Crippen LogP) is 2.39. The molecular formula is C14H17ClN4O. The van der Waals surface area contributed by atoms with Crippen LogP contribution in [0.25, 0.3) is 5.69 Å². The summed E-state index contributed by atoms with van der Waals surface area (Å²) in [5.74, 6) is -0.584. The van der Waals surface area contributed by atoms with Gasteiger partial charge in [0.25, 0.3) is 5.91 Å². The lowest BCUT2D eigenvalue weighted by molar-refractivity contribution is 0.1000. The van der Waals surface area contributed by atoms with Crippen molar-refractivity contribution in [3.05, 3.63) is 39.7 Å². The van der Waals surface area contributed by atoms with Crippen LogP contribution in [-0.4, -0.2) is 15.7 Å². The van der Waals surface area contributed by atoms with Crippen molar-refractivity contribution in [3.63, 3.8) is 0 Å². The molecule has 0 aliphatic carbocycles. The number of aryl methyl sites for hydroxylation is 1. The topological polar surface area (TPSA) is 86.9 Å². The van der Waals surface area contributed by atoms with E-state index in [0.29, 0.717) is 16.4 Å². The molecule has 2 aromatic rings. The number of hydrogen-bond acceptors (Lipinski definition) is 3. The maximum atomic E-state index is 11.6. The summed E-state index contributed by atoms with van der Waals surface area (Å²) in [6, 6.07) is 3.11. The molecule has 4 N–H and O–H groups in total. The highest BCUT2D eigenvalue weighted by atomic mass is 35.5. The summed E-state index contributed by atoms with van der Waals surface area (Å²) >= 11 is 6.24. The second-order valence-corrected chi connectivity index (χ2v) is 5.09. The summed E-state index contributed by atoms with van der Waals surface area (Å²) in [6.07, 6.45) is 0.857. The number of anilines is 1. The summed E-state index contributed by atoms with van der Waals surface area (Å²) < 4.78 is 1.66. The number of nitrogen functional groups attached to an aromatic ring is 1. The third-order valence-corrected chi connectivity index (χ3v) is 3.65. The van der Waals surface area contributed by atoms with Gasteiger partial charge in [0.1, 0.15) is 0 Å². The zero-order chi connectivity index (χ0) is 15.0. The number of halogens is 1. The maximum absolute atomic E-state index is 11.6. The van der Waals surface area contributed by atoms with Crippen LogP contribution in [0, 0.1) is 13.8 Å². The molecule has 1 aromatic heterocycles. The summed E-state index contributed by atoms with van der Waals surface area (Å²) in [5.41, 5.74) is 15.3. The smallest absolute Gasteiger partial charge is 0.251 e. The standard InChI is InChI=1S/C14H17ClN4O/c1-4-10-7(2)18-19(8(10)3)13-11(14(17)20)5-9(16)6-12(13)15/h5-6H,4,16H2,1-3H3,(H2,17,20). The van der Waals surface area contributed by atoms with E-state index in [0.717, 1.165) is 23.4 Å². The van der Waals surface area contributed by atoms with Gasteiger partial charge in [0.2, 0.25) is 0 Å². The lowest BCUT2D eigenvalue weighted by atomic mass is 10.1. The average Bonchev–Trinajstić information content (AvgIpc) is 2.63. The van der Waals surface area contributed by atoms with Gasteiger partial charge in [-0.25, -0.2) is 4.68 Å². The number of benzene rings is 1. The molecule has 106 valence electrons. The Morgan fingerprint density at radius 3 is 2.55 bits per heavy atom. The van der Waals surface area contributed by atoms with E-state index in [1.807, 2.05) is 13.8 Å². The Hall–Kier alpha value is -2.01. The van der Waals surface area contributed by atoms with E-state index in [9.17, 15) is 4.79 Å². The van der Waals surface area contributed by atoms with Gasteiger partial charge in [0, 0.05) is 11.4 Å². The van der Waals surface area contributed by atoms with Crippen LogP contribution in [0.4, 0.5) is 5.69 Å². The van der Waals surface area contributed by atoms with Gasteiger partial charge in [-0.1, -0.05) is 18.5 Å². The molecule has 1 aromatic carbocycles. The first-order valence-electron chi connectivity index (χ1n) is 6.31. The van der Waals surface area contributed by atoms with E-state index >= 15 is 0 Å². The number of amides is 1. The van der Waals surface area contributed by atoms with Crippen molar-refractivity contribution in [3.8, 4) is 5.69 Å². The molecule has 0 aliphatic rings. The number of rotatable bonds is 3. The third kappa shape index (κ3) is 2.25. The lowest BCUT2D eigenvalue weighted by Crippen LogP contribution is -2.16. The van der Waals surface area contributed by atoms with Gasteiger partial charge in [-0.2, -0.15) is 5.10 Å². The van der Waals surface area contributed by atoms with E-state index in [2.05, 4.69) is 12.0 Å². The van der Waals surface area contributed by atoms with Crippen molar-refractivity contribution >= 4 is 23.2 Å². The van der Waals surface area contributed by atoms with E-state index in [4.69, 9.17) is 23.1 Å². The fourth-order valence-corrected chi connectivity index (χ4v) is 2.74. The van der Waals surface area contributed by atoms with Crippen LogP contribution in [0.2, 0.25) is 5.02 Å². The SMILES string of the molecule is CCc1c(C)nn(-c2c(Cl)cc(N)cc2C(N)=O)c1C. The molecule has 6 heteroatoms. The monoisotopic (exact) mass is 292 g/mol. The Balaban J connectivity index is 2.79. The number of aromatic nitrogens is 2. The minimum atomic E-state index is -0.584. The minimum absolute atomic E-state index is 0.267. The molecule has 2 rings (SSSR count). The quantitative estimate of drug-likeness (QED) is 0.852. The molecule has 0 saturated carbocycles. The van der Waals surface area contributed by atoms with Gasteiger partial charge >= 0.3 is 0 Å². The molecule has 5 nitrogen and oxygen atoms in total. The molecule has 20 heavy (non-hydrogen) atoms. The van der Waals surface area contributed by atoms with Gasteiger partial charge in [0.05, 0.1) is 22.0 Å². The second-order valence-electron chi connectivity index (χ2n) is 4.68. The molecule has 0 bridgehead atoms. The van der Waals surface area contributed by atoms with Gasteiger partial charge < -0.3 is 11.5 Å². The van der Waals surface area contributed by atoms with Crippen molar-refractivity contribution in [2.75, 3.05) is 5.73 Å². The molecule has 0 radical (unpaired) electrons. The summed E-state index contributed by atoms with van der Waals surface area (Å²) in [6.45, 7) is 5.93. The van der Waals surface area contributed by atoms with Gasteiger partial charge in [-0.15, -0.1) is 0 Å². The third-order valence-electron chi connectivity index (χ3n) is 3.36. The van der Waals surface area contributed by atoms with Crippen molar-refractivity contribution in [1.82, 2.24) is 9.78 Å². The number of hydrogen-bond donors (Lipinski definition) is 2. The zero-order valence-corrected chi connectivity index (χ0v) is 12.5. The Bertz CT molecular complexity index is 691. The maximum Gasteiger partial charge on any atom is 0.251 e. The molecule has 0 aliphatic heterocycles. The highest BCUT2D eigenvalue weighted by Crippen LogP contribution is 2.29. The first-order chi connectivity index (χ1) is 9.36. The molecule has 0 fully saturated rings. The average molecular weight is 293 g/mol. The molecule has 0 spiro atoms. The number of primary amides is 1. The summed E-state index contributed by atoms with van der Waals surface area (Å²) in [5, 5.41) is 4.82. The number of nitrogens with two attached hydrogens (primary N) is 2. The van der Waals surface area contributed by atoms with E-state index < -0.39 is 5.91 Å². The van der Waals surface area contributed by atoms with Gasteiger partial charge in [0.15, 0.2) is 0 Å². The first kappa shape index (κ1) is 14.4. The van der Waals surface area contributed by atoms with Crippen LogP contribution in [0.3, 0.4) is 0 Å². The van der Waals surface area contributed by atoms with Gasteiger partial charge in [-0.05, 0) is 38.0 Å². The fraction of sp³-hybridized carbons (Fsp3) is 0.286. The normalized spacial score (nSPS) is 10.8. The molecule has 0 atom stereocenters. The molecule has 0 saturated heterocycles. The summed E-state index contributed by atoms with van der Waals surface area (Å²) in [7, 11) is 0. The Morgan fingerprint density at radius 1 is 1.40 bits per heavy atom. The van der Waals surface area contributed by atoms with E-state index in [1.54, 1.807) is 10.7 Å². The molecule has 1 heterocycles. The highest BCUT2D eigenvalue weighted by molar-refractivity contribution is 6.33. The largest absolute Gasteiger partial charge is 0.399 e. The van der Waals surface area contributed by atoms with Crippen LogP contribution >= 0.6 is 11.6 Å². The minimum Gasteiger partial charge on any atom is -0.399 e. The Labute approximate surface area is 122 Å². The zero-order valence-electron chi connectivity index (χ0n) is 11.7. The second kappa shape index (κ2) is 5.17. The lowest BCUT2D eigenvalue weighted by Gasteiger charge is -2.12. The van der Waals surface area contributed by atoms with Crippen LogP contribution in [0.15, 0.2) is 12.1 Å². The Morgan fingerprint density at radius 2 is 2.05 bits per heavy atom. The molecule has 0 unspecified atom stereocenters. The Kier molecular flexibility index (Phi) is 3.72. The van der Waals surface area contributed by atoms with Crippen LogP contribution in [0.1, 0.15) is 34.2 Å². The van der Waals surface area contributed by atoms with E-state index in [-0.39, 0.29) is 5.56 Å². The number of nitrogens with zero attached hydrogens (tertiary/aromatic N) is 2. The molecular weight excluding hydrogens is 276 g/mol. The van der Waals surface area contributed by atoms with Crippen molar-refractivity contribution in [1.29, 1.82) is 0 Å².